The summed E-state index contributed by atoms with van der Waals surface area (Å²) in [5, 5.41) is 3.59. The van der Waals surface area contributed by atoms with Crippen LogP contribution in [0.5, 0.6) is 0 Å². The average Bonchev–Trinajstić information content (AvgIpc) is 3.33. The maximum absolute atomic E-state index is 12.7. The Morgan fingerprint density at radius 2 is 2.00 bits per heavy atom. The number of hydrogen-bond donors (Lipinski definition) is 1. The number of nitrogens with one attached hydrogen (secondary N) is 1. The Morgan fingerprint density at radius 1 is 1.17 bits per heavy atom. The second kappa shape index (κ2) is 5.80. The van der Waals surface area contributed by atoms with Crippen LogP contribution in [0.25, 0.3) is 10.9 Å². The lowest BCUT2D eigenvalue weighted by Crippen LogP contribution is -2.27. The third-order valence-corrected chi connectivity index (χ3v) is 4.74. The van der Waals surface area contributed by atoms with Gasteiger partial charge in [0.2, 0.25) is 0 Å². The van der Waals surface area contributed by atoms with Crippen LogP contribution in [0.3, 0.4) is 0 Å². The molecule has 0 unspecified atom stereocenters. The van der Waals surface area contributed by atoms with Crippen LogP contribution in [0, 0.1) is 0 Å². The van der Waals surface area contributed by atoms with Gasteiger partial charge in [0.25, 0.3) is 11.5 Å². The first kappa shape index (κ1) is 14.4. The second-order valence-corrected chi connectivity index (χ2v) is 6.63. The monoisotopic (exact) mass is 311 g/mol. The molecule has 4 rings (SSSR count). The summed E-state index contributed by atoms with van der Waals surface area (Å²) in [6.07, 6.45) is 7.42. The molecule has 2 aromatic rings. The summed E-state index contributed by atoms with van der Waals surface area (Å²) in [7, 11) is 0. The first-order valence-corrected chi connectivity index (χ1v) is 8.57. The van der Waals surface area contributed by atoms with Crippen LogP contribution in [0.4, 0.5) is 0 Å². The van der Waals surface area contributed by atoms with E-state index >= 15 is 0 Å². The number of amides is 1. The zero-order chi connectivity index (χ0) is 15.8. The number of carbonyl (C=O) groups is 1. The smallest absolute Gasteiger partial charge is 0.261 e. The predicted molar refractivity (Wildman–Crippen MR) is 88.7 cm³/mol. The van der Waals surface area contributed by atoms with Crippen LogP contribution in [0.1, 0.15) is 54.7 Å². The molecule has 1 amide bonds. The Morgan fingerprint density at radius 3 is 2.83 bits per heavy atom. The molecular formula is C18H21N3O2. The van der Waals surface area contributed by atoms with E-state index in [1.54, 1.807) is 18.2 Å². The van der Waals surface area contributed by atoms with Crippen LogP contribution in [0.15, 0.2) is 23.0 Å². The molecule has 23 heavy (non-hydrogen) atoms. The number of aromatic nitrogens is 2. The third kappa shape index (κ3) is 2.87. The molecule has 5 heteroatoms. The lowest BCUT2D eigenvalue weighted by atomic mass is 10.1. The van der Waals surface area contributed by atoms with Crippen molar-refractivity contribution in [1.82, 2.24) is 14.9 Å². The van der Waals surface area contributed by atoms with Crippen molar-refractivity contribution in [1.29, 1.82) is 0 Å². The summed E-state index contributed by atoms with van der Waals surface area (Å²) in [5.74, 6) is 0.796. The Hall–Kier alpha value is -2.17. The van der Waals surface area contributed by atoms with Gasteiger partial charge in [0, 0.05) is 24.6 Å². The number of benzene rings is 1. The Bertz CT molecular complexity index is 821. The van der Waals surface area contributed by atoms with Crippen molar-refractivity contribution < 1.29 is 4.79 Å². The number of nitrogens with zero attached hydrogens (tertiary/aromatic N) is 2. The molecule has 0 bridgehead atoms. The van der Waals surface area contributed by atoms with Gasteiger partial charge in [0.05, 0.1) is 10.9 Å². The molecule has 5 nitrogen and oxygen atoms in total. The molecular weight excluding hydrogens is 290 g/mol. The maximum Gasteiger partial charge on any atom is 0.261 e. The summed E-state index contributed by atoms with van der Waals surface area (Å²) in [6, 6.07) is 5.57. The average molecular weight is 311 g/mol. The quantitative estimate of drug-likeness (QED) is 0.926. The molecule has 1 aromatic heterocycles. The minimum absolute atomic E-state index is 0.0288. The minimum Gasteiger partial charge on any atom is -0.349 e. The Balaban J connectivity index is 1.76. The van der Waals surface area contributed by atoms with E-state index in [1.807, 2.05) is 4.57 Å². The van der Waals surface area contributed by atoms with E-state index < -0.39 is 0 Å². The van der Waals surface area contributed by atoms with E-state index in [0.29, 0.717) is 22.5 Å². The molecule has 1 aliphatic heterocycles. The highest BCUT2D eigenvalue weighted by Gasteiger charge is 2.24. The highest BCUT2D eigenvalue weighted by Crippen LogP contribution is 2.20. The molecule has 1 N–H and O–H groups in total. The van der Waals surface area contributed by atoms with Gasteiger partial charge >= 0.3 is 0 Å². The van der Waals surface area contributed by atoms with E-state index in [0.717, 1.165) is 44.5 Å². The zero-order valence-corrected chi connectivity index (χ0v) is 13.2. The van der Waals surface area contributed by atoms with Gasteiger partial charge in [-0.15, -0.1) is 0 Å². The lowest BCUT2D eigenvalue weighted by Gasteiger charge is -2.16. The Kier molecular flexibility index (Phi) is 3.63. The van der Waals surface area contributed by atoms with Crippen LogP contribution in [-0.4, -0.2) is 21.5 Å². The van der Waals surface area contributed by atoms with Gasteiger partial charge in [-0.25, -0.2) is 4.98 Å². The highest BCUT2D eigenvalue weighted by atomic mass is 16.1. The summed E-state index contributed by atoms with van der Waals surface area (Å²) in [4.78, 5) is 29.6. The molecule has 0 spiro atoms. The first-order chi connectivity index (χ1) is 11.2. The number of hydrogen-bond acceptors (Lipinski definition) is 3. The summed E-state index contributed by atoms with van der Waals surface area (Å²) >= 11 is 0. The predicted octanol–water partition coefficient (Wildman–Crippen LogP) is 2.41. The summed E-state index contributed by atoms with van der Waals surface area (Å²) in [6.45, 7) is 0.751. The van der Waals surface area contributed by atoms with Crippen LogP contribution in [0.2, 0.25) is 0 Å². The van der Waals surface area contributed by atoms with Gasteiger partial charge in [-0.3, -0.25) is 14.2 Å². The Labute approximate surface area is 134 Å². The van der Waals surface area contributed by atoms with Crippen LogP contribution >= 0.6 is 0 Å². The highest BCUT2D eigenvalue weighted by molar-refractivity contribution is 5.97. The van der Waals surface area contributed by atoms with Gasteiger partial charge in [0.1, 0.15) is 5.82 Å². The fraction of sp³-hybridized carbons (Fsp3) is 0.500. The van der Waals surface area contributed by atoms with E-state index in [9.17, 15) is 9.59 Å². The van der Waals surface area contributed by atoms with Crippen molar-refractivity contribution in [3.8, 4) is 0 Å². The fourth-order valence-corrected chi connectivity index (χ4v) is 3.23. The van der Waals surface area contributed by atoms with Crippen molar-refractivity contribution >= 4 is 16.8 Å². The minimum atomic E-state index is -0.0666. The first-order valence-electron chi connectivity index (χ1n) is 8.57. The molecule has 0 atom stereocenters. The molecule has 2 heterocycles. The normalized spacial score (nSPS) is 18.1. The van der Waals surface area contributed by atoms with Crippen molar-refractivity contribution in [2.45, 2.75) is 57.5 Å². The second-order valence-electron chi connectivity index (χ2n) is 6.63. The van der Waals surface area contributed by atoms with E-state index in [1.165, 1.54) is 12.8 Å². The van der Waals surface area contributed by atoms with Gasteiger partial charge < -0.3 is 5.32 Å². The molecule has 120 valence electrons. The number of fused-ring (bicyclic) bond motifs is 2. The van der Waals surface area contributed by atoms with Crippen LogP contribution < -0.4 is 10.9 Å². The summed E-state index contributed by atoms with van der Waals surface area (Å²) in [5.41, 5.74) is 1.26. The fourth-order valence-electron chi connectivity index (χ4n) is 3.23. The summed E-state index contributed by atoms with van der Waals surface area (Å²) < 4.78 is 1.82. The standard InChI is InChI=1S/C18H21N3O2/c22-17(19-13-7-8-13)12-6-9-14-15(11-12)20-16-5-3-1-2-4-10-21(16)18(14)23/h6,9,11,13H,1-5,7-8,10H2,(H,19,22). The van der Waals surface area contributed by atoms with E-state index in [-0.39, 0.29) is 11.5 Å². The van der Waals surface area contributed by atoms with Crippen molar-refractivity contribution in [2.24, 2.45) is 0 Å². The maximum atomic E-state index is 12.7. The largest absolute Gasteiger partial charge is 0.349 e. The molecule has 1 aromatic carbocycles. The van der Waals surface area contributed by atoms with Crippen LogP contribution in [-0.2, 0) is 13.0 Å². The SMILES string of the molecule is O=C(NC1CC1)c1ccc2c(=O)n3c(nc2c1)CCCCCC3. The molecule has 1 fully saturated rings. The van der Waals surface area contributed by atoms with Crippen molar-refractivity contribution in [3.05, 3.63) is 39.9 Å². The molecule has 2 aliphatic rings. The van der Waals surface area contributed by atoms with Gasteiger partial charge in [-0.1, -0.05) is 12.8 Å². The molecule has 1 aliphatic carbocycles. The number of carbonyl (C=O) groups excluding carboxylic acids is 1. The van der Waals surface area contributed by atoms with Gasteiger partial charge in [0.15, 0.2) is 0 Å². The van der Waals surface area contributed by atoms with E-state index in [2.05, 4.69) is 5.32 Å². The molecule has 0 saturated heterocycles. The van der Waals surface area contributed by atoms with Gasteiger partial charge in [-0.2, -0.15) is 0 Å². The molecule has 0 radical (unpaired) electrons. The number of aryl methyl sites for hydroxylation is 1. The lowest BCUT2D eigenvalue weighted by molar-refractivity contribution is 0.0951. The third-order valence-electron chi connectivity index (χ3n) is 4.74. The topological polar surface area (TPSA) is 64.0 Å². The van der Waals surface area contributed by atoms with Crippen molar-refractivity contribution in [2.75, 3.05) is 0 Å². The van der Waals surface area contributed by atoms with E-state index in [4.69, 9.17) is 4.98 Å². The van der Waals surface area contributed by atoms with Crippen molar-refractivity contribution in [3.63, 3.8) is 0 Å². The van der Waals surface area contributed by atoms with Gasteiger partial charge in [-0.05, 0) is 43.9 Å². The zero-order valence-electron chi connectivity index (χ0n) is 13.2. The molecule has 1 saturated carbocycles. The number of rotatable bonds is 2.